The van der Waals surface area contributed by atoms with Crippen LogP contribution in [-0.2, 0) is 28.9 Å². The fourth-order valence-corrected chi connectivity index (χ4v) is 5.13. The van der Waals surface area contributed by atoms with E-state index in [1.165, 1.54) is 17.7 Å². The first kappa shape index (κ1) is 22.1. The van der Waals surface area contributed by atoms with Gasteiger partial charge >= 0.3 is 5.97 Å². The number of halogens is 1. The smallest absolute Gasteiger partial charge is 0.326 e. The molecule has 0 radical (unpaired) electrons. The molecule has 1 amide bonds. The monoisotopic (exact) mass is 436 g/mol. The summed E-state index contributed by atoms with van der Waals surface area (Å²) >= 11 is 0. The number of hydrogen-bond acceptors (Lipinski definition) is 2. The van der Waals surface area contributed by atoms with Crippen LogP contribution in [0, 0.1) is 5.82 Å². The number of carbonyl (C=O) groups excluding carboxylic acids is 1. The van der Waals surface area contributed by atoms with E-state index in [9.17, 15) is 19.1 Å². The lowest BCUT2D eigenvalue weighted by Crippen LogP contribution is -2.43. The highest BCUT2D eigenvalue weighted by Crippen LogP contribution is 2.37. The van der Waals surface area contributed by atoms with E-state index in [0.717, 1.165) is 35.0 Å². The average molecular weight is 437 g/mol. The molecule has 1 N–H and O–H groups in total. The van der Waals surface area contributed by atoms with Crippen molar-refractivity contribution in [1.29, 1.82) is 0 Å². The molecular weight excluding hydrogens is 407 g/mol. The van der Waals surface area contributed by atoms with Crippen molar-refractivity contribution in [1.82, 2.24) is 9.47 Å². The summed E-state index contributed by atoms with van der Waals surface area (Å²) in [6.07, 6.45) is 3.25. The minimum atomic E-state index is -0.883. The summed E-state index contributed by atoms with van der Waals surface area (Å²) in [6, 6.07) is 14.0. The third-order valence-corrected chi connectivity index (χ3v) is 6.65. The van der Waals surface area contributed by atoms with Crippen molar-refractivity contribution >= 4 is 22.8 Å². The number of fused-ring (bicyclic) bond motifs is 3. The predicted octanol–water partition coefficient (Wildman–Crippen LogP) is 4.76. The Morgan fingerprint density at radius 3 is 2.62 bits per heavy atom. The largest absolute Gasteiger partial charge is 0.480 e. The van der Waals surface area contributed by atoms with Gasteiger partial charge in [0.25, 0.3) is 0 Å². The molecule has 0 fully saturated rings. The van der Waals surface area contributed by atoms with E-state index in [1.54, 1.807) is 13.0 Å². The molecule has 2 atom stereocenters. The minimum absolute atomic E-state index is 0.0101. The van der Waals surface area contributed by atoms with Crippen LogP contribution in [0.25, 0.3) is 10.9 Å². The molecule has 0 saturated heterocycles. The lowest BCUT2D eigenvalue weighted by Gasteiger charge is -2.35. The zero-order valence-corrected chi connectivity index (χ0v) is 18.6. The van der Waals surface area contributed by atoms with Gasteiger partial charge in [-0.05, 0) is 61.4 Å². The molecule has 2 aromatic carbocycles. The van der Waals surface area contributed by atoms with Crippen LogP contribution in [0.2, 0.25) is 0 Å². The highest BCUT2D eigenvalue weighted by atomic mass is 19.1. The molecule has 2 unspecified atom stereocenters. The van der Waals surface area contributed by atoms with E-state index in [1.807, 2.05) is 34.6 Å². The first-order chi connectivity index (χ1) is 15.4. The number of carbonyl (C=O) groups is 2. The van der Waals surface area contributed by atoms with Crippen LogP contribution in [0.1, 0.15) is 49.6 Å². The van der Waals surface area contributed by atoms with Crippen LogP contribution in [0.4, 0.5) is 4.39 Å². The molecule has 1 aliphatic rings. The van der Waals surface area contributed by atoms with Crippen LogP contribution < -0.4 is 0 Å². The molecule has 6 heteroatoms. The second-order valence-corrected chi connectivity index (χ2v) is 8.56. The molecule has 1 aliphatic carbocycles. The maximum Gasteiger partial charge on any atom is 0.326 e. The zero-order valence-electron chi connectivity index (χ0n) is 18.6. The van der Waals surface area contributed by atoms with Gasteiger partial charge in [0.15, 0.2) is 0 Å². The summed E-state index contributed by atoms with van der Waals surface area (Å²) in [4.78, 5) is 26.4. The van der Waals surface area contributed by atoms with E-state index in [2.05, 4.69) is 12.1 Å². The Morgan fingerprint density at radius 1 is 1.22 bits per heavy atom. The summed E-state index contributed by atoms with van der Waals surface area (Å²) in [5.41, 5.74) is 3.87. The summed E-state index contributed by atoms with van der Waals surface area (Å²) < 4.78 is 16.0. The van der Waals surface area contributed by atoms with Gasteiger partial charge in [-0.3, -0.25) is 4.79 Å². The van der Waals surface area contributed by atoms with Crippen molar-refractivity contribution in [3.63, 3.8) is 0 Å². The minimum Gasteiger partial charge on any atom is -0.480 e. The Kier molecular flexibility index (Phi) is 6.31. The van der Waals surface area contributed by atoms with Crippen LogP contribution in [0.5, 0.6) is 0 Å². The van der Waals surface area contributed by atoms with Crippen molar-refractivity contribution in [3.05, 3.63) is 71.2 Å². The van der Waals surface area contributed by atoms with Gasteiger partial charge in [0.2, 0.25) is 5.91 Å². The number of benzene rings is 2. The van der Waals surface area contributed by atoms with Crippen molar-refractivity contribution in [2.45, 2.75) is 58.0 Å². The van der Waals surface area contributed by atoms with Gasteiger partial charge in [0.1, 0.15) is 11.9 Å². The lowest BCUT2D eigenvalue weighted by atomic mass is 9.89. The molecule has 168 valence electrons. The first-order valence-corrected chi connectivity index (χ1v) is 11.3. The number of hydrogen-bond donors (Lipinski definition) is 1. The van der Waals surface area contributed by atoms with E-state index < -0.39 is 12.0 Å². The van der Waals surface area contributed by atoms with Crippen molar-refractivity contribution in [2.24, 2.45) is 0 Å². The Balaban J connectivity index is 1.69. The van der Waals surface area contributed by atoms with Crippen LogP contribution in [-0.4, -0.2) is 39.0 Å². The number of amides is 1. The molecule has 1 heterocycles. The quantitative estimate of drug-likeness (QED) is 0.581. The maximum absolute atomic E-state index is 14.2. The summed E-state index contributed by atoms with van der Waals surface area (Å²) in [6.45, 7) is 4.08. The van der Waals surface area contributed by atoms with Crippen LogP contribution in [0.3, 0.4) is 0 Å². The van der Waals surface area contributed by atoms with Gasteiger partial charge in [-0.1, -0.05) is 37.3 Å². The second kappa shape index (κ2) is 9.15. The molecule has 0 aliphatic heterocycles. The fourth-order valence-electron chi connectivity index (χ4n) is 5.13. The molecular formula is C26H29FN2O3. The highest BCUT2D eigenvalue weighted by Gasteiger charge is 2.33. The molecule has 5 nitrogen and oxygen atoms in total. The normalized spacial score (nSPS) is 16.5. The molecule has 0 bridgehead atoms. The van der Waals surface area contributed by atoms with Gasteiger partial charge in [-0.2, -0.15) is 0 Å². The standard InChI is InChI=1S/C26H29FN2O3/c1-3-23(26(31)32)29-24-11-9-19(27)15-21(24)22-16-20(10-12-25(22)29)28(17(2)30)14-13-18-7-5-4-6-8-18/h4-9,11,15,20,23H,3,10,12-14,16H2,1-2H3,(H,31,32). The van der Waals surface area contributed by atoms with Crippen LogP contribution in [0.15, 0.2) is 48.5 Å². The molecule has 0 saturated carbocycles. The number of carboxylic acid groups (broad SMARTS) is 1. The molecule has 4 rings (SSSR count). The third kappa shape index (κ3) is 4.14. The fraction of sp³-hybridized carbons (Fsp3) is 0.385. The van der Waals surface area contributed by atoms with E-state index in [-0.39, 0.29) is 17.8 Å². The van der Waals surface area contributed by atoms with Crippen LogP contribution >= 0.6 is 0 Å². The topological polar surface area (TPSA) is 62.5 Å². The summed E-state index contributed by atoms with van der Waals surface area (Å²) in [7, 11) is 0. The molecule has 1 aromatic heterocycles. The number of aromatic nitrogens is 1. The average Bonchev–Trinajstić information content (AvgIpc) is 3.08. The number of nitrogens with zero attached hydrogens (tertiary/aromatic N) is 2. The predicted molar refractivity (Wildman–Crippen MR) is 122 cm³/mol. The zero-order chi connectivity index (χ0) is 22.8. The number of rotatable bonds is 7. The Hall–Kier alpha value is -3.15. The van der Waals surface area contributed by atoms with Gasteiger partial charge in [0.05, 0.1) is 0 Å². The van der Waals surface area contributed by atoms with E-state index >= 15 is 0 Å². The molecule has 0 spiro atoms. The van der Waals surface area contributed by atoms with Crippen molar-refractivity contribution in [3.8, 4) is 0 Å². The first-order valence-electron chi connectivity index (χ1n) is 11.3. The summed E-state index contributed by atoms with van der Waals surface area (Å²) in [5.74, 6) is -1.19. The maximum atomic E-state index is 14.2. The summed E-state index contributed by atoms with van der Waals surface area (Å²) in [5, 5.41) is 10.6. The number of aliphatic carboxylic acids is 1. The Labute approximate surface area is 187 Å². The third-order valence-electron chi connectivity index (χ3n) is 6.65. The molecule has 32 heavy (non-hydrogen) atoms. The van der Waals surface area contributed by atoms with E-state index in [4.69, 9.17) is 0 Å². The SMILES string of the molecule is CCC(C(=O)O)n1c2c(c3cc(F)ccc31)CC(N(CCc1ccccc1)C(C)=O)CC2. The van der Waals surface area contributed by atoms with Gasteiger partial charge < -0.3 is 14.6 Å². The van der Waals surface area contributed by atoms with Gasteiger partial charge in [-0.25, -0.2) is 9.18 Å². The highest BCUT2D eigenvalue weighted by molar-refractivity contribution is 5.88. The van der Waals surface area contributed by atoms with E-state index in [0.29, 0.717) is 25.8 Å². The van der Waals surface area contributed by atoms with Crippen molar-refractivity contribution < 1.29 is 19.1 Å². The Morgan fingerprint density at radius 2 is 1.97 bits per heavy atom. The molecule has 3 aromatic rings. The second-order valence-electron chi connectivity index (χ2n) is 8.56. The van der Waals surface area contributed by atoms with Crippen molar-refractivity contribution in [2.75, 3.05) is 6.54 Å². The lowest BCUT2D eigenvalue weighted by molar-refractivity contribution is -0.141. The van der Waals surface area contributed by atoms with Gasteiger partial charge in [-0.15, -0.1) is 0 Å². The van der Waals surface area contributed by atoms with Gasteiger partial charge in [0, 0.05) is 36.1 Å². The Bertz CT molecular complexity index is 1140. The number of carboxylic acids is 1.